The van der Waals surface area contributed by atoms with Crippen molar-refractivity contribution in [2.45, 2.75) is 25.6 Å². The molecule has 1 fully saturated rings. The number of carbonyl (C=O) groups is 1. The standard InChI is InChI=1S/C13H20N4O/c1-10-8-16(2)13(18)12(7-14)17(10)9-11-5-3-4-6-15-11/h3-6,10,12H,7-9,14H2,1-2H3. The molecule has 0 saturated carbocycles. The van der Waals surface area contributed by atoms with Crippen LogP contribution in [0.2, 0.25) is 0 Å². The topological polar surface area (TPSA) is 62.5 Å². The molecule has 0 aromatic carbocycles. The van der Waals surface area contributed by atoms with Gasteiger partial charge in [0.25, 0.3) is 0 Å². The first-order chi connectivity index (χ1) is 8.63. The van der Waals surface area contributed by atoms with E-state index in [9.17, 15) is 4.79 Å². The molecule has 0 spiro atoms. The Labute approximate surface area is 108 Å². The second-order valence-corrected chi connectivity index (χ2v) is 4.81. The van der Waals surface area contributed by atoms with Gasteiger partial charge in [-0.05, 0) is 19.1 Å². The molecule has 98 valence electrons. The van der Waals surface area contributed by atoms with Crippen molar-refractivity contribution in [1.29, 1.82) is 0 Å². The van der Waals surface area contributed by atoms with Crippen molar-refractivity contribution in [3.63, 3.8) is 0 Å². The van der Waals surface area contributed by atoms with Gasteiger partial charge in [0.2, 0.25) is 5.91 Å². The summed E-state index contributed by atoms with van der Waals surface area (Å²) in [7, 11) is 1.83. The Hall–Kier alpha value is -1.46. The Balaban J connectivity index is 2.16. The summed E-state index contributed by atoms with van der Waals surface area (Å²) in [4.78, 5) is 20.3. The highest BCUT2D eigenvalue weighted by atomic mass is 16.2. The maximum Gasteiger partial charge on any atom is 0.241 e. The lowest BCUT2D eigenvalue weighted by Crippen LogP contribution is -2.61. The minimum absolute atomic E-state index is 0.103. The van der Waals surface area contributed by atoms with Crippen molar-refractivity contribution in [1.82, 2.24) is 14.8 Å². The number of piperazine rings is 1. The van der Waals surface area contributed by atoms with E-state index in [2.05, 4.69) is 16.8 Å². The highest BCUT2D eigenvalue weighted by Crippen LogP contribution is 2.17. The molecule has 5 nitrogen and oxygen atoms in total. The Morgan fingerprint density at radius 2 is 2.28 bits per heavy atom. The van der Waals surface area contributed by atoms with Gasteiger partial charge in [-0.2, -0.15) is 0 Å². The third-order valence-corrected chi connectivity index (χ3v) is 3.46. The number of carbonyl (C=O) groups excluding carboxylic acids is 1. The molecule has 1 amide bonds. The number of aromatic nitrogens is 1. The molecular weight excluding hydrogens is 228 g/mol. The molecule has 2 unspecified atom stereocenters. The van der Waals surface area contributed by atoms with Gasteiger partial charge in [0.05, 0.1) is 5.69 Å². The molecule has 18 heavy (non-hydrogen) atoms. The Morgan fingerprint density at radius 1 is 1.50 bits per heavy atom. The summed E-state index contributed by atoms with van der Waals surface area (Å²) in [6, 6.07) is 5.89. The zero-order chi connectivity index (χ0) is 13.1. The molecule has 1 aromatic heterocycles. The number of hydrogen-bond donors (Lipinski definition) is 1. The first kappa shape index (κ1) is 13.0. The fraction of sp³-hybridized carbons (Fsp3) is 0.538. The molecule has 0 radical (unpaired) electrons. The van der Waals surface area contributed by atoms with E-state index in [0.29, 0.717) is 19.1 Å². The zero-order valence-electron chi connectivity index (χ0n) is 10.9. The van der Waals surface area contributed by atoms with E-state index in [1.807, 2.05) is 25.2 Å². The Kier molecular flexibility index (Phi) is 3.93. The normalized spacial score (nSPS) is 25.5. The number of pyridine rings is 1. The van der Waals surface area contributed by atoms with E-state index < -0.39 is 0 Å². The van der Waals surface area contributed by atoms with Gasteiger partial charge < -0.3 is 10.6 Å². The lowest BCUT2D eigenvalue weighted by atomic mass is 10.1. The van der Waals surface area contributed by atoms with Crippen LogP contribution in [0.3, 0.4) is 0 Å². The molecule has 2 rings (SSSR count). The average Bonchev–Trinajstić information content (AvgIpc) is 2.37. The van der Waals surface area contributed by atoms with E-state index in [4.69, 9.17) is 5.73 Å². The lowest BCUT2D eigenvalue weighted by molar-refractivity contribution is -0.142. The van der Waals surface area contributed by atoms with Crippen LogP contribution in [0.15, 0.2) is 24.4 Å². The number of hydrogen-bond acceptors (Lipinski definition) is 4. The fourth-order valence-corrected chi connectivity index (χ4v) is 2.48. The molecule has 1 aromatic rings. The van der Waals surface area contributed by atoms with Crippen LogP contribution in [0.25, 0.3) is 0 Å². The van der Waals surface area contributed by atoms with Crippen LogP contribution in [0.5, 0.6) is 0 Å². The Bertz CT molecular complexity index is 409. The number of nitrogens with zero attached hydrogens (tertiary/aromatic N) is 3. The van der Waals surface area contributed by atoms with Gasteiger partial charge in [-0.1, -0.05) is 6.07 Å². The van der Waals surface area contributed by atoms with Gasteiger partial charge in [0.1, 0.15) is 6.04 Å². The largest absolute Gasteiger partial charge is 0.343 e. The number of amides is 1. The highest BCUT2D eigenvalue weighted by Gasteiger charge is 2.36. The molecule has 2 N–H and O–H groups in total. The number of rotatable bonds is 3. The van der Waals surface area contributed by atoms with Crippen molar-refractivity contribution >= 4 is 5.91 Å². The van der Waals surface area contributed by atoms with Crippen LogP contribution in [-0.2, 0) is 11.3 Å². The monoisotopic (exact) mass is 248 g/mol. The van der Waals surface area contributed by atoms with E-state index in [1.165, 1.54) is 0 Å². The van der Waals surface area contributed by atoms with E-state index in [0.717, 1.165) is 12.2 Å². The summed E-state index contributed by atoms with van der Waals surface area (Å²) in [6.07, 6.45) is 1.77. The maximum absolute atomic E-state index is 12.1. The third-order valence-electron chi connectivity index (χ3n) is 3.46. The van der Waals surface area contributed by atoms with Crippen LogP contribution in [-0.4, -0.2) is 52.9 Å². The molecule has 0 bridgehead atoms. The van der Waals surface area contributed by atoms with Crippen LogP contribution in [0.1, 0.15) is 12.6 Å². The molecule has 2 atom stereocenters. The van der Waals surface area contributed by atoms with Crippen LogP contribution in [0, 0.1) is 0 Å². The van der Waals surface area contributed by atoms with Gasteiger partial charge in [-0.25, -0.2) is 0 Å². The predicted molar refractivity (Wildman–Crippen MR) is 69.7 cm³/mol. The lowest BCUT2D eigenvalue weighted by Gasteiger charge is -2.43. The molecule has 1 aliphatic rings. The summed E-state index contributed by atoms with van der Waals surface area (Å²) in [5.41, 5.74) is 6.72. The predicted octanol–water partition coefficient (Wildman–Crippen LogP) is 0.0714. The van der Waals surface area contributed by atoms with Crippen molar-refractivity contribution in [3.05, 3.63) is 30.1 Å². The molecule has 0 aliphatic carbocycles. The van der Waals surface area contributed by atoms with Crippen LogP contribution >= 0.6 is 0 Å². The summed E-state index contributed by atoms with van der Waals surface area (Å²) in [6.45, 7) is 3.88. The quantitative estimate of drug-likeness (QED) is 0.822. The van der Waals surface area contributed by atoms with Gasteiger partial charge in [0.15, 0.2) is 0 Å². The molecule has 2 heterocycles. The third kappa shape index (κ3) is 2.52. The van der Waals surface area contributed by atoms with Crippen molar-refractivity contribution in [3.8, 4) is 0 Å². The van der Waals surface area contributed by atoms with Crippen LogP contribution < -0.4 is 5.73 Å². The SMILES string of the molecule is CC1CN(C)C(=O)C(CN)N1Cc1ccccn1. The highest BCUT2D eigenvalue weighted by molar-refractivity contribution is 5.82. The average molecular weight is 248 g/mol. The second-order valence-electron chi connectivity index (χ2n) is 4.81. The van der Waals surface area contributed by atoms with E-state index in [1.54, 1.807) is 11.1 Å². The minimum atomic E-state index is -0.235. The summed E-state index contributed by atoms with van der Waals surface area (Å²) >= 11 is 0. The zero-order valence-corrected chi connectivity index (χ0v) is 10.9. The summed E-state index contributed by atoms with van der Waals surface area (Å²) < 4.78 is 0. The van der Waals surface area contributed by atoms with E-state index in [-0.39, 0.29) is 11.9 Å². The maximum atomic E-state index is 12.1. The van der Waals surface area contributed by atoms with Crippen molar-refractivity contribution < 1.29 is 4.79 Å². The van der Waals surface area contributed by atoms with Gasteiger partial charge >= 0.3 is 0 Å². The summed E-state index contributed by atoms with van der Waals surface area (Å²) in [5.74, 6) is 0.103. The van der Waals surface area contributed by atoms with Gasteiger partial charge in [-0.15, -0.1) is 0 Å². The van der Waals surface area contributed by atoms with Crippen LogP contribution in [0.4, 0.5) is 0 Å². The smallest absolute Gasteiger partial charge is 0.241 e. The first-order valence-electron chi connectivity index (χ1n) is 6.24. The molecular formula is C13H20N4O. The van der Waals surface area contributed by atoms with E-state index >= 15 is 0 Å². The Morgan fingerprint density at radius 3 is 2.89 bits per heavy atom. The van der Waals surface area contributed by atoms with Crippen molar-refractivity contribution in [2.24, 2.45) is 5.73 Å². The van der Waals surface area contributed by atoms with Gasteiger partial charge in [0, 0.05) is 38.9 Å². The minimum Gasteiger partial charge on any atom is -0.343 e. The summed E-state index contributed by atoms with van der Waals surface area (Å²) in [5, 5.41) is 0. The molecule has 1 saturated heterocycles. The van der Waals surface area contributed by atoms with Gasteiger partial charge in [-0.3, -0.25) is 14.7 Å². The molecule has 1 aliphatic heterocycles. The second kappa shape index (κ2) is 5.46. The first-order valence-corrected chi connectivity index (χ1v) is 6.24. The molecule has 5 heteroatoms. The number of nitrogens with two attached hydrogens (primary N) is 1. The van der Waals surface area contributed by atoms with Crippen molar-refractivity contribution in [2.75, 3.05) is 20.1 Å². The number of likely N-dealkylation sites (N-methyl/N-ethyl adjacent to an activating group) is 1. The fourth-order valence-electron chi connectivity index (χ4n) is 2.48.